The molecule has 0 aliphatic carbocycles. The number of thiol groups is 1. The van der Waals surface area contributed by atoms with Crippen molar-refractivity contribution in [3.8, 4) is 5.75 Å². The van der Waals surface area contributed by atoms with Crippen LogP contribution in [-0.2, 0) is 6.18 Å². The molecule has 0 unspecified atom stereocenters. The molecule has 0 saturated carbocycles. The van der Waals surface area contributed by atoms with Crippen molar-refractivity contribution in [3.05, 3.63) is 35.4 Å². The number of hydrogen-bond donors (Lipinski definition) is 2. The Kier molecular flexibility index (Phi) is 3.68. The van der Waals surface area contributed by atoms with Crippen molar-refractivity contribution in [2.45, 2.75) is 6.18 Å². The van der Waals surface area contributed by atoms with Crippen molar-refractivity contribution < 1.29 is 18.3 Å². The SMILES string of the molecule is Oc1cc(C(F)(F)F)ccc1C=CCS. The summed E-state index contributed by atoms with van der Waals surface area (Å²) < 4.78 is 36.6. The quantitative estimate of drug-likeness (QED) is 0.752. The van der Waals surface area contributed by atoms with E-state index in [1.165, 1.54) is 12.1 Å². The van der Waals surface area contributed by atoms with Gasteiger partial charge in [-0.2, -0.15) is 25.8 Å². The number of aromatic hydroxyl groups is 1. The molecule has 1 aromatic carbocycles. The number of rotatable bonds is 2. The summed E-state index contributed by atoms with van der Waals surface area (Å²) in [6.45, 7) is 0. The minimum atomic E-state index is -4.43. The number of halogens is 3. The van der Waals surface area contributed by atoms with E-state index in [9.17, 15) is 18.3 Å². The molecule has 1 N–H and O–H groups in total. The highest BCUT2D eigenvalue weighted by atomic mass is 32.1. The summed E-state index contributed by atoms with van der Waals surface area (Å²) in [6.07, 6.45) is -1.28. The Hall–Kier alpha value is -1.10. The maximum Gasteiger partial charge on any atom is 0.416 e. The van der Waals surface area contributed by atoms with Crippen LogP contribution in [0, 0.1) is 0 Å². The molecule has 0 amide bonds. The van der Waals surface area contributed by atoms with Crippen LogP contribution in [0.1, 0.15) is 11.1 Å². The first kappa shape index (κ1) is 12.0. The van der Waals surface area contributed by atoms with Gasteiger partial charge in [0.25, 0.3) is 0 Å². The van der Waals surface area contributed by atoms with Gasteiger partial charge in [-0.15, -0.1) is 0 Å². The largest absolute Gasteiger partial charge is 0.507 e. The van der Waals surface area contributed by atoms with Crippen LogP contribution >= 0.6 is 12.6 Å². The number of benzene rings is 1. The molecule has 0 heterocycles. The van der Waals surface area contributed by atoms with Crippen LogP contribution in [0.25, 0.3) is 6.08 Å². The Labute approximate surface area is 90.6 Å². The van der Waals surface area contributed by atoms with Gasteiger partial charge in [0, 0.05) is 11.3 Å². The predicted octanol–water partition coefficient (Wildman–Crippen LogP) is 3.35. The highest BCUT2D eigenvalue weighted by Crippen LogP contribution is 2.32. The van der Waals surface area contributed by atoms with E-state index in [1.807, 2.05) is 0 Å². The maximum atomic E-state index is 12.2. The molecule has 82 valence electrons. The van der Waals surface area contributed by atoms with Gasteiger partial charge >= 0.3 is 6.18 Å². The molecule has 1 rings (SSSR count). The Morgan fingerprint density at radius 2 is 2.00 bits per heavy atom. The molecule has 5 heteroatoms. The van der Waals surface area contributed by atoms with E-state index in [-0.39, 0.29) is 5.75 Å². The third kappa shape index (κ3) is 3.20. The Morgan fingerprint density at radius 3 is 2.47 bits per heavy atom. The van der Waals surface area contributed by atoms with Crippen LogP contribution in [0.4, 0.5) is 13.2 Å². The van der Waals surface area contributed by atoms with Crippen molar-refractivity contribution in [1.82, 2.24) is 0 Å². The second-order valence-electron chi connectivity index (χ2n) is 2.86. The molecular weight excluding hydrogens is 225 g/mol. The third-order valence-electron chi connectivity index (χ3n) is 1.76. The zero-order valence-electron chi connectivity index (χ0n) is 7.62. The van der Waals surface area contributed by atoms with Crippen molar-refractivity contribution in [3.63, 3.8) is 0 Å². The van der Waals surface area contributed by atoms with E-state index in [0.717, 1.165) is 6.07 Å². The monoisotopic (exact) mass is 234 g/mol. The number of alkyl halides is 3. The van der Waals surface area contributed by atoms with Gasteiger partial charge in [-0.05, 0) is 12.1 Å². The molecule has 0 fully saturated rings. The lowest BCUT2D eigenvalue weighted by atomic mass is 10.1. The molecule has 1 aromatic rings. The van der Waals surface area contributed by atoms with Crippen LogP contribution in [0.15, 0.2) is 24.3 Å². The van der Waals surface area contributed by atoms with E-state index < -0.39 is 11.7 Å². The van der Waals surface area contributed by atoms with E-state index in [1.54, 1.807) is 6.08 Å². The fourth-order valence-electron chi connectivity index (χ4n) is 1.04. The summed E-state index contributed by atoms with van der Waals surface area (Å²) in [5.74, 6) is 0.0725. The first-order valence-electron chi connectivity index (χ1n) is 4.13. The number of phenolic OH excluding ortho intramolecular Hbond substituents is 1. The highest BCUT2D eigenvalue weighted by Gasteiger charge is 2.30. The van der Waals surface area contributed by atoms with Crippen LogP contribution in [0.2, 0.25) is 0 Å². The molecule has 0 saturated heterocycles. The summed E-state index contributed by atoms with van der Waals surface area (Å²) in [5.41, 5.74) is -0.514. The predicted molar refractivity (Wildman–Crippen MR) is 56.0 cm³/mol. The Morgan fingerprint density at radius 1 is 1.33 bits per heavy atom. The van der Waals surface area contributed by atoms with Crippen molar-refractivity contribution in [2.24, 2.45) is 0 Å². The molecule has 0 atom stereocenters. The molecule has 0 spiro atoms. The van der Waals surface area contributed by atoms with Crippen molar-refractivity contribution in [2.75, 3.05) is 5.75 Å². The fraction of sp³-hybridized carbons (Fsp3) is 0.200. The van der Waals surface area contributed by atoms with Crippen molar-refractivity contribution in [1.29, 1.82) is 0 Å². The smallest absolute Gasteiger partial charge is 0.416 e. The van der Waals surface area contributed by atoms with Gasteiger partial charge in [-0.1, -0.05) is 18.2 Å². The van der Waals surface area contributed by atoms with Crippen LogP contribution < -0.4 is 0 Å². The molecular formula is C10H9F3OS. The Balaban J connectivity index is 3.04. The van der Waals surface area contributed by atoms with E-state index in [0.29, 0.717) is 17.4 Å². The number of hydrogen-bond acceptors (Lipinski definition) is 2. The zero-order chi connectivity index (χ0) is 11.5. The van der Waals surface area contributed by atoms with Gasteiger partial charge in [-0.25, -0.2) is 0 Å². The topological polar surface area (TPSA) is 20.2 Å². The van der Waals surface area contributed by atoms with Gasteiger partial charge in [0.1, 0.15) is 5.75 Å². The minimum absolute atomic E-state index is 0.344. The van der Waals surface area contributed by atoms with Gasteiger partial charge < -0.3 is 5.11 Å². The van der Waals surface area contributed by atoms with E-state index >= 15 is 0 Å². The molecule has 0 radical (unpaired) electrons. The van der Waals surface area contributed by atoms with Crippen LogP contribution in [0.3, 0.4) is 0 Å². The fourth-order valence-corrected chi connectivity index (χ4v) is 1.15. The van der Waals surface area contributed by atoms with Crippen LogP contribution in [0.5, 0.6) is 5.75 Å². The molecule has 0 aromatic heterocycles. The van der Waals surface area contributed by atoms with Gasteiger partial charge in [-0.3, -0.25) is 0 Å². The van der Waals surface area contributed by atoms with E-state index in [4.69, 9.17) is 0 Å². The number of phenols is 1. The summed E-state index contributed by atoms with van der Waals surface area (Å²) in [6, 6.07) is 2.86. The molecule has 15 heavy (non-hydrogen) atoms. The second kappa shape index (κ2) is 4.61. The average Bonchev–Trinajstić information content (AvgIpc) is 2.14. The maximum absolute atomic E-state index is 12.2. The summed E-state index contributed by atoms with van der Waals surface area (Å²) in [7, 11) is 0. The third-order valence-corrected chi connectivity index (χ3v) is 1.97. The van der Waals surface area contributed by atoms with Gasteiger partial charge in [0.05, 0.1) is 5.56 Å². The molecule has 0 aliphatic heterocycles. The summed E-state index contributed by atoms with van der Waals surface area (Å²) in [4.78, 5) is 0. The molecule has 0 bridgehead atoms. The first-order chi connectivity index (χ1) is 6.95. The minimum Gasteiger partial charge on any atom is -0.507 e. The van der Waals surface area contributed by atoms with E-state index in [2.05, 4.69) is 12.6 Å². The molecule has 1 nitrogen and oxygen atoms in total. The summed E-state index contributed by atoms with van der Waals surface area (Å²) in [5, 5.41) is 9.31. The first-order valence-corrected chi connectivity index (χ1v) is 4.76. The normalized spacial score (nSPS) is 12.3. The van der Waals surface area contributed by atoms with Gasteiger partial charge in [0.2, 0.25) is 0 Å². The zero-order valence-corrected chi connectivity index (χ0v) is 8.52. The van der Waals surface area contributed by atoms with Gasteiger partial charge in [0.15, 0.2) is 0 Å². The van der Waals surface area contributed by atoms with Crippen LogP contribution in [-0.4, -0.2) is 10.9 Å². The lowest BCUT2D eigenvalue weighted by Gasteiger charge is -2.07. The second-order valence-corrected chi connectivity index (χ2v) is 3.22. The average molecular weight is 234 g/mol. The lowest BCUT2D eigenvalue weighted by molar-refractivity contribution is -0.137. The summed E-state index contributed by atoms with van der Waals surface area (Å²) >= 11 is 3.90. The standard InChI is InChI=1S/C10H9F3OS/c11-10(12,13)8-4-3-7(2-1-5-15)9(14)6-8/h1-4,6,14-15H,5H2. The van der Waals surface area contributed by atoms with Crippen molar-refractivity contribution >= 4 is 18.7 Å². The lowest BCUT2D eigenvalue weighted by Crippen LogP contribution is -2.04. The Bertz CT molecular complexity index is 371. The highest BCUT2D eigenvalue weighted by molar-refractivity contribution is 7.80. The molecule has 0 aliphatic rings.